The first-order valence-corrected chi connectivity index (χ1v) is 14.0. The highest BCUT2D eigenvalue weighted by Crippen LogP contribution is 2.42. The minimum absolute atomic E-state index is 0.760. The summed E-state index contributed by atoms with van der Waals surface area (Å²) in [5, 5.41) is 1.39. The predicted octanol–water partition coefficient (Wildman–Crippen LogP) is 7.93. The summed E-state index contributed by atoms with van der Waals surface area (Å²) < 4.78 is 8.39. The molecule has 1 aromatic heterocycles. The smallest absolute Gasteiger partial charge is 0.119 e. The third-order valence-corrected chi connectivity index (χ3v) is 7.42. The zero-order valence-electron chi connectivity index (χ0n) is 21.1. The maximum Gasteiger partial charge on any atom is 0.119 e. The fourth-order valence-electron chi connectivity index (χ4n) is 4.68. The number of benzene rings is 3. The molecule has 3 aromatic carbocycles. The summed E-state index contributed by atoms with van der Waals surface area (Å²) in [4.78, 5) is 1.38. The van der Waals surface area contributed by atoms with Gasteiger partial charge in [0.25, 0.3) is 0 Å². The molecule has 0 amide bonds. The lowest BCUT2D eigenvalue weighted by Crippen LogP contribution is -2.03. The number of thioether (sulfide) groups is 1. The van der Waals surface area contributed by atoms with E-state index in [1.807, 2.05) is 11.8 Å². The minimum atomic E-state index is 0.760. The standard InChI is InChI=1S/C26H25NOS.C5H13N/c1-2-15-28-20-9-7-8-19(17-20)18-27-24-12-5-3-10-21(24)22-14-16-29-25-13-6-4-11-23(25)26(22)27;1-2-3-4-5-6/h3-13,17H,2,14-16,18H2,1H3;2-6H2,1H3. The van der Waals surface area contributed by atoms with Gasteiger partial charge in [-0.2, -0.15) is 0 Å². The fraction of sp³-hybridized carbons (Fsp3) is 0.355. The van der Waals surface area contributed by atoms with Gasteiger partial charge in [0.2, 0.25) is 0 Å². The molecule has 35 heavy (non-hydrogen) atoms. The molecule has 1 aliphatic heterocycles. The zero-order chi connectivity index (χ0) is 24.5. The highest BCUT2D eigenvalue weighted by Gasteiger charge is 2.23. The van der Waals surface area contributed by atoms with Crippen LogP contribution >= 0.6 is 11.8 Å². The fourth-order valence-corrected chi connectivity index (χ4v) is 5.70. The van der Waals surface area contributed by atoms with Crippen molar-refractivity contribution in [2.45, 2.75) is 57.4 Å². The van der Waals surface area contributed by atoms with Gasteiger partial charge >= 0.3 is 0 Å². The third kappa shape index (κ3) is 6.12. The van der Waals surface area contributed by atoms with E-state index in [0.717, 1.165) is 44.0 Å². The Kier molecular flexibility index (Phi) is 9.33. The van der Waals surface area contributed by atoms with Gasteiger partial charge in [-0.3, -0.25) is 0 Å². The third-order valence-electron chi connectivity index (χ3n) is 6.35. The molecule has 5 rings (SSSR count). The number of hydrogen-bond donors (Lipinski definition) is 1. The second kappa shape index (κ2) is 12.9. The monoisotopic (exact) mass is 486 g/mol. The Balaban J connectivity index is 0.000000431. The van der Waals surface area contributed by atoms with Crippen LogP contribution in [0.3, 0.4) is 0 Å². The average Bonchev–Trinajstić information content (AvgIpc) is 3.06. The van der Waals surface area contributed by atoms with Gasteiger partial charge in [0, 0.05) is 33.7 Å². The molecule has 0 saturated heterocycles. The van der Waals surface area contributed by atoms with Gasteiger partial charge in [0.05, 0.1) is 12.3 Å². The number of unbranched alkanes of at least 4 members (excludes halogenated alkanes) is 2. The van der Waals surface area contributed by atoms with Crippen LogP contribution in [0.2, 0.25) is 0 Å². The highest BCUT2D eigenvalue weighted by atomic mass is 32.2. The number of nitrogens with two attached hydrogens (primary N) is 1. The van der Waals surface area contributed by atoms with E-state index in [4.69, 9.17) is 10.5 Å². The lowest BCUT2D eigenvalue weighted by Gasteiger charge is -2.14. The molecule has 0 atom stereocenters. The van der Waals surface area contributed by atoms with Gasteiger partial charge in [-0.05, 0) is 61.2 Å². The molecule has 4 heteroatoms. The first kappa shape index (κ1) is 25.4. The molecule has 2 N–H and O–H groups in total. The SMILES string of the molecule is CCCCCN.CCCOc1cccc(Cn2c3c(c4ccccc42)CCSc2ccccc2-3)c1. The van der Waals surface area contributed by atoms with E-state index in [1.54, 1.807) is 0 Å². The number of aryl methyl sites for hydroxylation is 1. The van der Waals surface area contributed by atoms with Gasteiger partial charge in [0.1, 0.15) is 5.75 Å². The van der Waals surface area contributed by atoms with Crippen LogP contribution in [0.5, 0.6) is 5.75 Å². The Labute approximate surface area is 214 Å². The van der Waals surface area contributed by atoms with Crippen molar-refractivity contribution < 1.29 is 4.74 Å². The Morgan fingerprint density at radius 3 is 2.54 bits per heavy atom. The number of hydrogen-bond acceptors (Lipinski definition) is 3. The molecular formula is C31H38N2OS. The predicted molar refractivity (Wildman–Crippen MR) is 152 cm³/mol. The van der Waals surface area contributed by atoms with Gasteiger partial charge in [-0.1, -0.05) is 75.2 Å². The minimum Gasteiger partial charge on any atom is -0.494 e. The van der Waals surface area contributed by atoms with Crippen molar-refractivity contribution in [1.82, 2.24) is 4.57 Å². The first-order valence-electron chi connectivity index (χ1n) is 13.0. The summed E-state index contributed by atoms with van der Waals surface area (Å²) in [5.41, 5.74) is 12.0. The van der Waals surface area contributed by atoms with E-state index in [9.17, 15) is 0 Å². The summed E-state index contributed by atoms with van der Waals surface area (Å²) in [6, 6.07) is 26.3. The number of nitrogens with zero attached hydrogens (tertiary/aromatic N) is 1. The molecular weight excluding hydrogens is 448 g/mol. The van der Waals surface area contributed by atoms with Crippen LogP contribution < -0.4 is 10.5 Å². The van der Waals surface area contributed by atoms with E-state index in [1.165, 1.54) is 57.4 Å². The largest absolute Gasteiger partial charge is 0.494 e. The molecule has 0 unspecified atom stereocenters. The van der Waals surface area contributed by atoms with E-state index < -0.39 is 0 Å². The number of fused-ring (bicyclic) bond motifs is 5. The van der Waals surface area contributed by atoms with E-state index in [-0.39, 0.29) is 0 Å². The van der Waals surface area contributed by atoms with E-state index in [2.05, 4.69) is 91.2 Å². The lowest BCUT2D eigenvalue weighted by atomic mass is 10.0. The number of para-hydroxylation sites is 1. The van der Waals surface area contributed by atoms with Crippen molar-refractivity contribution in [2.75, 3.05) is 18.9 Å². The summed E-state index contributed by atoms with van der Waals surface area (Å²) in [6.07, 6.45) is 5.88. The van der Waals surface area contributed by atoms with Gasteiger partial charge < -0.3 is 15.0 Å². The quantitative estimate of drug-likeness (QED) is 0.257. The van der Waals surface area contributed by atoms with E-state index in [0.29, 0.717) is 0 Å². The Morgan fingerprint density at radius 2 is 1.74 bits per heavy atom. The van der Waals surface area contributed by atoms with Crippen LogP contribution in [0.15, 0.2) is 77.7 Å². The van der Waals surface area contributed by atoms with Gasteiger partial charge in [-0.15, -0.1) is 11.8 Å². The van der Waals surface area contributed by atoms with Crippen molar-refractivity contribution in [3.05, 3.63) is 83.9 Å². The molecule has 184 valence electrons. The maximum absolute atomic E-state index is 5.88. The van der Waals surface area contributed by atoms with Crippen molar-refractivity contribution in [3.8, 4) is 17.0 Å². The van der Waals surface area contributed by atoms with E-state index >= 15 is 0 Å². The van der Waals surface area contributed by atoms with Crippen LogP contribution in [0.4, 0.5) is 0 Å². The molecule has 0 spiro atoms. The summed E-state index contributed by atoms with van der Waals surface area (Å²) >= 11 is 1.97. The van der Waals surface area contributed by atoms with Gasteiger partial charge in [0.15, 0.2) is 0 Å². The normalized spacial score (nSPS) is 12.3. The topological polar surface area (TPSA) is 40.2 Å². The van der Waals surface area contributed by atoms with Crippen molar-refractivity contribution in [3.63, 3.8) is 0 Å². The van der Waals surface area contributed by atoms with Gasteiger partial charge in [-0.25, -0.2) is 0 Å². The summed E-state index contributed by atoms with van der Waals surface area (Å²) in [7, 11) is 0. The van der Waals surface area contributed by atoms with Crippen molar-refractivity contribution in [2.24, 2.45) is 5.73 Å². The van der Waals surface area contributed by atoms with Crippen molar-refractivity contribution >= 4 is 22.7 Å². The number of rotatable bonds is 8. The van der Waals surface area contributed by atoms with Crippen LogP contribution in [-0.2, 0) is 13.0 Å². The zero-order valence-corrected chi connectivity index (χ0v) is 21.9. The molecule has 1 aliphatic rings. The Bertz CT molecular complexity index is 1230. The van der Waals surface area contributed by atoms with Crippen LogP contribution in [0, 0.1) is 0 Å². The summed E-state index contributed by atoms with van der Waals surface area (Å²) in [5.74, 6) is 2.08. The molecule has 0 radical (unpaired) electrons. The molecule has 3 nitrogen and oxygen atoms in total. The first-order chi connectivity index (χ1) is 17.3. The lowest BCUT2D eigenvalue weighted by molar-refractivity contribution is 0.317. The average molecular weight is 487 g/mol. The number of ether oxygens (including phenoxy) is 1. The Morgan fingerprint density at radius 1 is 0.914 bits per heavy atom. The van der Waals surface area contributed by atoms with Crippen molar-refractivity contribution in [1.29, 1.82) is 0 Å². The molecule has 0 bridgehead atoms. The van der Waals surface area contributed by atoms with Crippen LogP contribution in [0.25, 0.3) is 22.2 Å². The molecule has 0 fully saturated rings. The summed E-state index contributed by atoms with van der Waals surface area (Å²) in [6.45, 7) is 6.78. The Hall–Kier alpha value is -2.69. The molecule has 0 saturated carbocycles. The van der Waals surface area contributed by atoms with Crippen LogP contribution in [0.1, 0.15) is 50.7 Å². The second-order valence-corrected chi connectivity index (χ2v) is 10.2. The number of aromatic nitrogens is 1. The maximum atomic E-state index is 5.88. The highest BCUT2D eigenvalue weighted by molar-refractivity contribution is 7.99. The molecule has 2 heterocycles. The van der Waals surface area contributed by atoms with Crippen LogP contribution in [-0.4, -0.2) is 23.5 Å². The molecule has 4 aromatic rings. The second-order valence-electron chi connectivity index (χ2n) is 9.02. The molecule has 0 aliphatic carbocycles.